The molecule has 3 nitrogen and oxygen atoms in total. The number of benzene rings is 1. The summed E-state index contributed by atoms with van der Waals surface area (Å²) in [7, 11) is 0. The van der Waals surface area contributed by atoms with E-state index in [1.165, 1.54) is 50.5 Å². The monoisotopic (exact) mass is 394 g/mol. The van der Waals surface area contributed by atoms with Gasteiger partial charge in [0.25, 0.3) is 0 Å². The van der Waals surface area contributed by atoms with Gasteiger partial charge >= 0.3 is 0 Å². The molecule has 2 rings (SSSR count). The Morgan fingerprint density at radius 2 is 1.69 bits per heavy atom. The third-order valence-corrected chi connectivity index (χ3v) is 5.50. The van der Waals surface area contributed by atoms with Crippen LogP contribution in [0.25, 0.3) is 11.4 Å². The fourth-order valence-electron chi connectivity index (χ4n) is 3.29. The summed E-state index contributed by atoms with van der Waals surface area (Å²) in [5.41, 5.74) is 2.26. The Hall–Kier alpha value is -2.16. The van der Waals surface area contributed by atoms with Gasteiger partial charge in [-0.05, 0) is 67.9 Å². The van der Waals surface area contributed by atoms with Gasteiger partial charge < -0.3 is 4.74 Å². The van der Waals surface area contributed by atoms with Gasteiger partial charge in [0.1, 0.15) is 5.75 Å². The van der Waals surface area contributed by atoms with Crippen LogP contribution in [-0.2, 0) is 6.42 Å². The lowest BCUT2D eigenvalue weighted by Crippen LogP contribution is -1.98. The fourth-order valence-corrected chi connectivity index (χ4v) is 3.29. The Bertz CT molecular complexity index is 679. The van der Waals surface area contributed by atoms with Crippen LogP contribution in [0.5, 0.6) is 5.75 Å². The van der Waals surface area contributed by atoms with E-state index in [0.29, 0.717) is 0 Å². The minimum absolute atomic E-state index is 0.773. The van der Waals surface area contributed by atoms with Crippen molar-refractivity contribution in [1.82, 2.24) is 9.97 Å². The Balaban J connectivity index is 1.71. The molecule has 29 heavy (non-hydrogen) atoms. The lowest BCUT2D eigenvalue weighted by Gasteiger charge is -2.08. The number of nitrogens with zero attached hydrogens (tertiary/aromatic N) is 2. The molecule has 0 saturated heterocycles. The molecule has 0 saturated carbocycles. The summed E-state index contributed by atoms with van der Waals surface area (Å²) in [6.07, 6.45) is 18.0. The second-order valence-corrected chi connectivity index (χ2v) is 8.04. The third-order valence-electron chi connectivity index (χ3n) is 5.50. The second kappa shape index (κ2) is 13.9. The number of rotatable bonds is 15. The number of ether oxygens (including phenoxy) is 1. The van der Waals surface area contributed by atoms with Crippen LogP contribution in [-0.4, -0.2) is 16.6 Å². The van der Waals surface area contributed by atoms with Gasteiger partial charge in [-0.1, -0.05) is 52.0 Å². The first-order chi connectivity index (χ1) is 14.2. The summed E-state index contributed by atoms with van der Waals surface area (Å²) in [5, 5.41) is 0. The standard InChI is InChI=1S/C26H38N2O/c1-4-6-7-8-9-12-19-29-25-17-15-24(16-18-25)26-27-20-23(21-28-26)14-11-10-13-22(3)5-2/h4,15-18,20-22H,1,5-14,19H2,2-3H3/t22-/m0/s1. The van der Waals surface area contributed by atoms with E-state index >= 15 is 0 Å². The Labute approximate surface area is 177 Å². The largest absolute Gasteiger partial charge is 0.494 e. The predicted octanol–water partition coefficient (Wildman–Crippen LogP) is 7.42. The second-order valence-electron chi connectivity index (χ2n) is 8.04. The van der Waals surface area contributed by atoms with E-state index in [9.17, 15) is 0 Å². The number of allylic oxidation sites excluding steroid dienone is 1. The topological polar surface area (TPSA) is 35.0 Å². The zero-order chi connectivity index (χ0) is 20.7. The van der Waals surface area contributed by atoms with Crippen molar-refractivity contribution in [2.24, 2.45) is 5.92 Å². The van der Waals surface area contributed by atoms with Crippen molar-refractivity contribution in [3.63, 3.8) is 0 Å². The maximum atomic E-state index is 5.84. The van der Waals surface area contributed by atoms with Gasteiger partial charge in [-0.25, -0.2) is 9.97 Å². The van der Waals surface area contributed by atoms with Crippen molar-refractivity contribution < 1.29 is 4.74 Å². The number of hydrogen-bond donors (Lipinski definition) is 0. The van der Waals surface area contributed by atoms with E-state index in [0.717, 1.165) is 48.9 Å². The van der Waals surface area contributed by atoms with Crippen LogP contribution < -0.4 is 4.74 Å². The Morgan fingerprint density at radius 3 is 2.38 bits per heavy atom. The molecule has 0 unspecified atom stereocenters. The lowest BCUT2D eigenvalue weighted by atomic mass is 10.00. The van der Waals surface area contributed by atoms with Crippen molar-refractivity contribution >= 4 is 0 Å². The summed E-state index contributed by atoms with van der Waals surface area (Å²) >= 11 is 0. The van der Waals surface area contributed by atoms with Gasteiger partial charge in [0.05, 0.1) is 6.61 Å². The highest BCUT2D eigenvalue weighted by molar-refractivity contribution is 5.55. The van der Waals surface area contributed by atoms with E-state index in [4.69, 9.17) is 4.74 Å². The molecule has 0 amide bonds. The fraction of sp³-hybridized carbons (Fsp3) is 0.538. The molecular weight excluding hydrogens is 356 g/mol. The summed E-state index contributed by atoms with van der Waals surface area (Å²) in [6, 6.07) is 8.11. The first-order valence-corrected chi connectivity index (χ1v) is 11.4. The molecule has 0 aliphatic heterocycles. The highest BCUT2D eigenvalue weighted by atomic mass is 16.5. The highest BCUT2D eigenvalue weighted by Gasteiger charge is 2.04. The van der Waals surface area contributed by atoms with Crippen molar-refractivity contribution in [1.29, 1.82) is 0 Å². The molecule has 0 N–H and O–H groups in total. The van der Waals surface area contributed by atoms with E-state index < -0.39 is 0 Å². The predicted molar refractivity (Wildman–Crippen MR) is 123 cm³/mol. The highest BCUT2D eigenvalue weighted by Crippen LogP contribution is 2.20. The third kappa shape index (κ3) is 9.25. The maximum Gasteiger partial charge on any atom is 0.159 e. The minimum Gasteiger partial charge on any atom is -0.494 e. The molecule has 0 fully saturated rings. The number of hydrogen-bond acceptors (Lipinski definition) is 3. The van der Waals surface area contributed by atoms with E-state index in [-0.39, 0.29) is 0 Å². The quantitative estimate of drug-likeness (QED) is 0.233. The first kappa shape index (κ1) is 23.1. The average Bonchev–Trinajstić information content (AvgIpc) is 2.77. The summed E-state index contributed by atoms with van der Waals surface area (Å²) in [6.45, 7) is 9.13. The van der Waals surface area contributed by atoms with E-state index in [1.807, 2.05) is 42.7 Å². The van der Waals surface area contributed by atoms with Gasteiger partial charge in [0, 0.05) is 18.0 Å². The maximum absolute atomic E-state index is 5.84. The van der Waals surface area contributed by atoms with Crippen LogP contribution in [0.4, 0.5) is 0 Å². The van der Waals surface area contributed by atoms with Gasteiger partial charge in [-0.3, -0.25) is 0 Å². The molecule has 1 aromatic heterocycles. The van der Waals surface area contributed by atoms with Crippen LogP contribution in [0.2, 0.25) is 0 Å². The van der Waals surface area contributed by atoms with Crippen LogP contribution in [0.1, 0.15) is 77.2 Å². The minimum atomic E-state index is 0.773. The molecule has 0 aliphatic carbocycles. The van der Waals surface area contributed by atoms with Gasteiger partial charge in [0.2, 0.25) is 0 Å². The average molecular weight is 395 g/mol. The Kier molecular flexibility index (Phi) is 11.1. The normalized spacial score (nSPS) is 11.9. The van der Waals surface area contributed by atoms with Crippen molar-refractivity contribution in [3.8, 4) is 17.1 Å². The molecule has 1 atom stereocenters. The van der Waals surface area contributed by atoms with Crippen LogP contribution in [0.3, 0.4) is 0 Å². The van der Waals surface area contributed by atoms with Crippen LogP contribution in [0, 0.1) is 5.92 Å². The molecule has 0 bridgehead atoms. The molecule has 158 valence electrons. The van der Waals surface area contributed by atoms with Crippen LogP contribution >= 0.6 is 0 Å². The van der Waals surface area contributed by atoms with E-state index in [1.54, 1.807) is 0 Å². The molecular formula is C26H38N2O. The van der Waals surface area contributed by atoms with Crippen molar-refractivity contribution in [2.45, 2.75) is 78.1 Å². The first-order valence-electron chi connectivity index (χ1n) is 11.4. The Morgan fingerprint density at radius 1 is 0.966 bits per heavy atom. The SMILES string of the molecule is C=CCCCCCCOc1ccc(-c2ncc(CCCC[C@@H](C)CC)cn2)cc1. The number of aryl methyl sites for hydroxylation is 1. The smallest absolute Gasteiger partial charge is 0.159 e. The van der Waals surface area contributed by atoms with Gasteiger partial charge in [-0.15, -0.1) is 6.58 Å². The van der Waals surface area contributed by atoms with Gasteiger partial charge in [0.15, 0.2) is 5.82 Å². The molecule has 0 radical (unpaired) electrons. The molecule has 3 heteroatoms. The molecule has 1 heterocycles. The summed E-state index contributed by atoms with van der Waals surface area (Å²) in [5.74, 6) is 2.53. The molecule has 2 aromatic rings. The van der Waals surface area contributed by atoms with Gasteiger partial charge in [-0.2, -0.15) is 0 Å². The zero-order valence-electron chi connectivity index (χ0n) is 18.4. The van der Waals surface area contributed by atoms with Crippen molar-refractivity contribution in [2.75, 3.05) is 6.61 Å². The number of unbranched alkanes of at least 4 members (excludes halogenated alkanes) is 5. The van der Waals surface area contributed by atoms with Crippen molar-refractivity contribution in [3.05, 3.63) is 54.9 Å². The lowest BCUT2D eigenvalue weighted by molar-refractivity contribution is 0.305. The summed E-state index contributed by atoms with van der Waals surface area (Å²) in [4.78, 5) is 9.12. The molecule has 1 aromatic carbocycles. The molecule has 0 spiro atoms. The number of aromatic nitrogens is 2. The zero-order valence-corrected chi connectivity index (χ0v) is 18.4. The van der Waals surface area contributed by atoms with Crippen LogP contribution in [0.15, 0.2) is 49.3 Å². The summed E-state index contributed by atoms with van der Waals surface area (Å²) < 4.78 is 5.84. The molecule has 0 aliphatic rings. The van der Waals surface area contributed by atoms with E-state index in [2.05, 4.69) is 30.4 Å².